The quantitative estimate of drug-likeness (QED) is 0.0369. The minimum absolute atomic E-state index is 0.0875. The van der Waals surface area contributed by atoms with Crippen LogP contribution in [0.4, 0.5) is 4.79 Å². The van der Waals surface area contributed by atoms with Crippen molar-refractivity contribution in [2.75, 3.05) is 39.3 Å². The SMILES string of the molecule is CC(C)(C)OC(=O)CCC(NC(=O)NC(CCCCNC(=O)C(N)CCCCN(Cc1nccn1CC(=O)N(CC(=O)OC(C)(C)C)CC(=O)OC(C)(C)C)Cc1nccn1CC(=O)N(CC(=O)OC(C)(C)C)CC(=O)OC(C)(C)C)C(=O)OC(C)(C)C)C(=O)OC(C)(C)C. The molecule has 0 aliphatic rings. The number of carbonyl (C=O) groups is 11. The van der Waals surface area contributed by atoms with Crippen LogP contribution in [0.1, 0.15) is 208 Å². The Kier molecular flexibility index (Phi) is 32.0. The van der Waals surface area contributed by atoms with E-state index >= 15 is 0 Å². The van der Waals surface area contributed by atoms with Crippen molar-refractivity contribution >= 4 is 65.5 Å². The second kappa shape index (κ2) is 36.4. The van der Waals surface area contributed by atoms with Gasteiger partial charge in [-0.2, -0.15) is 0 Å². The van der Waals surface area contributed by atoms with E-state index in [0.717, 1.165) is 9.80 Å². The van der Waals surface area contributed by atoms with Gasteiger partial charge >= 0.3 is 47.8 Å². The van der Waals surface area contributed by atoms with Crippen molar-refractivity contribution in [2.24, 2.45) is 5.73 Å². The van der Waals surface area contributed by atoms with E-state index in [2.05, 4.69) is 25.9 Å². The van der Waals surface area contributed by atoms with Crippen LogP contribution in [0.25, 0.3) is 0 Å². The molecule has 0 saturated carbocycles. The summed E-state index contributed by atoms with van der Waals surface area (Å²) in [6, 6.07) is -4.25. The van der Waals surface area contributed by atoms with Crippen LogP contribution in [0.5, 0.6) is 0 Å². The van der Waals surface area contributed by atoms with Crippen LogP contribution in [0.3, 0.4) is 0 Å². The first-order chi connectivity index (χ1) is 43.3. The smallest absolute Gasteiger partial charge is 0.329 e. The molecule has 0 saturated heterocycles. The van der Waals surface area contributed by atoms with Crippen molar-refractivity contribution in [1.82, 2.24) is 49.8 Å². The topological polar surface area (TPSA) is 360 Å². The summed E-state index contributed by atoms with van der Waals surface area (Å²) in [5.74, 6) is -5.91. The first kappa shape index (κ1) is 83.4. The average Bonchev–Trinajstić information content (AvgIpc) is 1.79. The van der Waals surface area contributed by atoms with E-state index in [0.29, 0.717) is 43.9 Å². The lowest BCUT2D eigenvalue weighted by Gasteiger charge is -2.27. The fourth-order valence-corrected chi connectivity index (χ4v) is 8.86. The van der Waals surface area contributed by atoms with E-state index in [1.54, 1.807) is 167 Å². The van der Waals surface area contributed by atoms with Crippen molar-refractivity contribution in [3.8, 4) is 0 Å². The van der Waals surface area contributed by atoms with Crippen LogP contribution in [-0.2, 0) is 107 Å². The highest BCUT2D eigenvalue weighted by molar-refractivity contribution is 5.89. The summed E-state index contributed by atoms with van der Waals surface area (Å²) in [6.07, 6.45) is 7.73. The van der Waals surface area contributed by atoms with Crippen molar-refractivity contribution in [3.63, 3.8) is 0 Å². The minimum atomic E-state index is -1.27. The van der Waals surface area contributed by atoms with E-state index in [-0.39, 0.29) is 58.4 Å². The molecule has 5 amide bonds. The maximum absolute atomic E-state index is 14.1. The molecule has 0 spiro atoms. The Labute approximate surface area is 561 Å². The van der Waals surface area contributed by atoms with Gasteiger partial charge in [0.2, 0.25) is 17.7 Å². The number of hydrogen-bond donors (Lipinski definition) is 4. The van der Waals surface area contributed by atoms with Gasteiger partial charge in [-0.25, -0.2) is 24.4 Å². The number of nitrogens with two attached hydrogens (primary N) is 1. The maximum Gasteiger partial charge on any atom is 0.329 e. The molecule has 2 rings (SSSR count). The van der Waals surface area contributed by atoms with Crippen LogP contribution in [0, 0.1) is 0 Å². The van der Waals surface area contributed by atoms with Crippen LogP contribution in [0.2, 0.25) is 0 Å². The number of imidazole rings is 2. The van der Waals surface area contributed by atoms with Crippen LogP contribution in [0.15, 0.2) is 24.8 Å². The molecule has 29 heteroatoms. The number of urea groups is 1. The van der Waals surface area contributed by atoms with Gasteiger partial charge in [0.15, 0.2) is 0 Å². The highest BCUT2D eigenvalue weighted by Gasteiger charge is 2.34. The Morgan fingerprint density at radius 2 is 0.789 bits per heavy atom. The third-order valence-electron chi connectivity index (χ3n) is 12.5. The maximum atomic E-state index is 14.1. The highest BCUT2D eigenvalue weighted by Crippen LogP contribution is 2.19. The van der Waals surface area contributed by atoms with Crippen LogP contribution in [-0.4, -0.2) is 196 Å². The fraction of sp³-hybridized carbons (Fsp3) is 0.742. The zero-order chi connectivity index (χ0) is 72.7. The molecule has 3 unspecified atom stereocenters. The second-order valence-electron chi connectivity index (χ2n) is 30.3. The molecular formula is C66H111N11O18. The third-order valence-corrected chi connectivity index (χ3v) is 12.5. The van der Waals surface area contributed by atoms with Crippen LogP contribution >= 0.6 is 0 Å². The van der Waals surface area contributed by atoms with Gasteiger partial charge in [0.1, 0.15) is 102 Å². The van der Waals surface area contributed by atoms with E-state index < -0.39 is 149 Å². The number of aromatic nitrogens is 4. The second-order valence-corrected chi connectivity index (χ2v) is 30.3. The van der Waals surface area contributed by atoms with Gasteiger partial charge < -0.3 is 73.8 Å². The van der Waals surface area contributed by atoms with Gasteiger partial charge in [-0.1, -0.05) is 6.42 Å². The molecule has 0 fully saturated rings. The molecule has 3 atom stereocenters. The van der Waals surface area contributed by atoms with Crippen molar-refractivity contribution in [1.29, 1.82) is 0 Å². The Morgan fingerprint density at radius 3 is 1.15 bits per heavy atom. The largest absolute Gasteiger partial charge is 0.460 e. The van der Waals surface area contributed by atoms with E-state index in [4.69, 9.17) is 38.9 Å². The number of amides is 5. The van der Waals surface area contributed by atoms with Crippen molar-refractivity contribution in [3.05, 3.63) is 36.4 Å². The Balaban J connectivity index is 2.35. The van der Waals surface area contributed by atoms with Gasteiger partial charge in [0.05, 0.1) is 19.1 Å². The molecule has 29 nitrogen and oxygen atoms in total. The molecule has 0 aliphatic carbocycles. The number of unbranched alkanes of at least 4 members (excludes halogenated alkanes) is 2. The van der Waals surface area contributed by atoms with Gasteiger partial charge in [-0.05, 0) is 190 Å². The lowest BCUT2D eigenvalue weighted by Crippen LogP contribution is -2.53. The lowest BCUT2D eigenvalue weighted by molar-refractivity contribution is -0.165. The average molecular weight is 1350 g/mol. The molecular weight excluding hydrogens is 1230 g/mol. The normalized spacial score (nSPS) is 13.3. The summed E-state index contributed by atoms with van der Waals surface area (Å²) in [4.78, 5) is 160. The first-order valence-electron chi connectivity index (χ1n) is 32.3. The predicted octanol–water partition coefficient (Wildman–Crippen LogP) is 5.73. The van der Waals surface area contributed by atoms with Gasteiger partial charge in [0.25, 0.3) is 0 Å². The summed E-state index contributed by atoms with van der Waals surface area (Å²) >= 11 is 0. The number of nitrogens with one attached hydrogen (secondary N) is 3. The predicted molar refractivity (Wildman–Crippen MR) is 350 cm³/mol. The molecule has 0 aliphatic heterocycles. The van der Waals surface area contributed by atoms with Gasteiger partial charge in [0, 0.05) is 37.8 Å². The standard InChI is InChI=1S/C66H111N11O18/c1-60(2,3)89-51(80)29-28-46(58(87)95-66(19,20)21)72-59(88)71-45(57(86)94-65(16,17)18)27-22-24-30-70-56(85)44(67)26-23-25-33-73(36-47-68-31-34-74(47)38-49(78)76(40-52(81)90-61(4,5)6)41-53(82)91-62(7,8)9)37-48-69-32-35-75(48)39-50(79)77(42-54(83)92-63(10,11)12)43-55(84)93-64(13,14)15/h31-32,34-35,44-46H,22-30,33,36-43,67H2,1-21H3,(H,70,85)(H2,71,72,88). The molecule has 2 heterocycles. The van der Waals surface area contributed by atoms with E-state index in [1.165, 1.54) is 12.4 Å². The number of carbonyl (C=O) groups excluding carboxylic acids is 11. The van der Waals surface area contributed by atoms with Gasteiger partial charge in [-0.15, -0.1) is 0 Å². The van der Waals surface area contributed by atoms with E-state index in [9.17, 15) is 52.7 Å². The zero-order valence-electron chi connectivity index (χ0n) is 60.3. The zero-order valence-corrected chi connectivity index (χ0v) is 60.3. The summed E-state index contributed by atoms with van der Waals surface area (Å²) in [5, 5.41) is 8.00. The molecule has 2 aromatic rings. The molecule has 5 N–H and O–H groups in total. The summed E-state index contributed by atoms with van der Waals surface area (Å²) < 4.78 is 41.6. The minimum Gasteiger partial charge on any atom is -0.460 e. The highest BCUT2D eigenvalue weighted by atomic mass is 16.6. The lowest BCUT2D eigenvalue weighted by atomic mass is 10.1. The molecule has 0 aromatic carbocycles. The Hall–Kier alpha value is -7.69. The fourth-order valence-electron chi connectivity index (χ4n) is 8.86. The molecule has 538 valence electrons. The molecule has 0 radical (unpaired) electrons. The number of rotatable bonds is 34. The van der Waals surface area contributed by atoms with Gasteiger partial charge in [-0.3, -0.25) is 43.3 Å². The number of hydrogen-bond acceptors (Lipinski definition) is 22. The molecule has 2 aromatic heterocycles. The van der Waals surface area contributed by atoms with Crippen molar-refractivity contribution < 1.29 is 85.9 Å². The summed E-state index contributed by atoms with van der Waals surface area (Å²) in [5.41, 5.74) is 0.309. The monoisotopic (exact) mass is 1350 g/mol. The first-order valence-corrected chi connectivity index (χ1v) is 32.3. The summed E-state index contributed by atoms with van der Waals surface area (Å²) in [6.45, 7) is 33.1. The number of nitrogens with zero attached hydrogens (tertiary/aromatic N) is 7. The van der Waals surface area contributed by atoms with Crippen LogP contribution < -0.4 is 21.7 Å². The summed E-state index contributed by atoms with van der Waals surface area (Å²) in [7, 11) is 0. The van der Waals surface area contributed by atoms with Crippen molar-refractivity contribution in [2.45, 2.75) is 280 Å². The third kappa shape index (κ3) is 37.9. The van der Waals surface area contributed by atoms with E-state index in [1.807, 2.05) is 4.90 Å². The Bertz CT molecular complexity index is 2710. The molecule has 0 bridgehead atoms. The number of ether oxygens (including phenoxy) is 7. The number of esters is 7. The Morgan fingerprint density at radius 1 is 0.453 bits per heavy atom. The molecule has 95 heavy (non-hydrogen) atoms.